The number of phosphoric ester groups is 1. The van der Waals surface area contributed by atoms with Gasteiger partial charge in [-0.15, -0.1) is 0 Å². The molecule has 268 valence electrons. The van der Waals surface area contributed by atoms with Crippen LogP contribution in [0.15, 0.2) is 0 Å². The Kier molecular flexibility index (Phi) is 29.7. The number of unbranched alkanes of at least 4 members (excludes halogenated alkanes) is 15. The zero-order chi connectivity index (χ0) is 33.6. The molecule has 0 heterocycles. The molecular formula is C35H70NO8P. The molecule has 0 aliphatic rings. The molecule has 0 saturated carbocycles. The first-order valence-corrected chi connectivity index (χ1v) is 19.8. The smallest absolute Gasteiger partial charge is 0.462 e. The van der Waals surface area contributed by atoms with Gasteiger partial charge in [-0.3, -0.25) is 18.6 Å². The Morgan fingerprint density at radius 3 is 1.62 bits per heavy atom. The first kappa shape index (κ1) is 44.0. The lowest BCUT2D eigenvalue weighted by molar-refractivity contribution is -0.161. The van der Waals surface area contributed by atoms with Crippen LogP contribution in [-0.2, 0) is 32.7 Å². The Morgan fingerprint density at radius 2 is 1.13 bits per heavy atom. The molecule has 0 aromatic carbocycles. The van der Waals surface area contributed by atoms with E-state index < -0.39 is 26.5 Å². The average molecular weight is 664 g/mol. The molecule has 0 bridgehead atoms. The minimum atomic E-state index is -4.36. The molecule has 45 heavy (non-hydrogen) atoms. The number of phosphoric acid groups is 1. The van der Waals surface area contributed by atoms with E-state index in [1.165, 1.54) is 83.5 Å². The van der Waals surface area contributed by atoms with Gasteiger partial charge in [0.25, 0.3) is 0 Å². The molecular weight excluding hydrogens is 593 g/mol. The summed E-state index contributed by atoms with van der Waals surface area (Å²) in [7, 11) is -4.36. The van der Waals surface area contributed by atoms with Gasteiger partial charge in [-0.1, -0.05) is 143 Å². The van der Waals surface area contributed by atoms with Crippen LogP contribution in [0.4, 0.5) is 0 Å². The molecule has 0 aliphatic carbocycles. The molecule has 0 rings (SSSR count). The summed E-state index contributed by atoms with van der Waals surface area (Å²) in [5.41, 5.74) is 5.32. The number of ether oxygens (including phenoxy) is 2. The van der Waals surface area contributed by atoms with Crippen molar-refractivity contribution in [3.8, 4) is 0 Å². The molecule has 1 unspecified atom stereocenters. The third-order valence-electron chi connectivity index (χ3n) is 8.21. The molecule has 9 nitrogen and oxygen atoms in total. The maximum Gasteiger partial charge on any atom is 0.472 e. The normalized spacial score (nSPS) is 14.3. The van der Waals surface area contributed by atoms with Crippen LogP contribution in [0.5, 0.6) is 0 Å². The molecule has 0 amide bonds. The summed E-state index contributed by atoms with van der Waals surface area (Å²) in [6, 6.07) is 0. The predicted molar refractivity (Wildman–Crippen MR) is 183 cm³/mol. The third kappa shape index (κ3) is 31.4. The first-order chi connectivity index (χ1) is 21.6. The van der Waals surface area contributed by atoms with Crippen molar-refractivity contribution in [2.24, 2.45) is 17.6 Å². The highest BCUT2D eigenvalue weighted by atomic mass is 31.2. The molecule has 0 aromatic heterocycles. The van der Waals surface area contributed by atoms with Crippen LogP contribution in [-0.4, -0.2) is 49.3 Å². The van der Waals surface area contributed by atoms with Crippen molar-refractivity contribution in [3.63, 3.8) is 0 Å². The van der Waals surface area contributed by atoms with Crippen LogP contribution < -0.4 is 5.73 Å². The molecule has 0 saturated heterocycles. The van der Waals surface area contributed by atoms with Crippen molar-refractivity contribution in [1.82, 2.24) is 0 Å². The summed E-state index contributed by atoms with van der Waals surface area (Å²) < 4.78 is 32.6. The molecule has 0 spiro atoms. The van der Waals surface area contributed by atoms with Gasteiger partial charge < -0.3 is 20.1 Å². The predicted octanol–water partition coefficient (Wildman–Crippen LogP) is 9.43. The lowest BCUT2D eigenvalue weighted by Crippen LogP contribution is -2.29. The van der Waals surface area contributed by atoms with Gasteiger partial charge in [0.2, 0.25) is 0 Å². The Morgan fingerprint density at radius 1 is 0.667 bits per heavy atom. The molecule has 0 radical (unpaired) electrons. The van der Waals surface area contributed by atoms with Crippen LogP contribution in [0.25, 0.3) is 0 Å². The number of carbonyl (C=O) groups excluding carboxylic acids is 2. The molecule has 3 atom stereocenters. The molecule has 10 heteroatoms. The Hall–Kier alpha value is -0.990. The number of hydrogen-bond acceptors (Lipinski definition) is 8. The van der Waals surface area contributed by atoms with Crippen LogP contribution >= 0.6 is 7.82 Å². The highest BCUT2D eigenvalue weighted by Gasteiger charge is 2.26. The molecule has 0 aromatic rings. The van der Waals surface area contributed by atoms with E-state index in [9.17, 15) is 19.0 Å². The Balaban J connectivity index is 4.25. The lowest BCUT2D eigenvalue weighted by Gasteiger charge is -2.19. The van der Waals surface area contributed by atoms with Gasteiger partial charge in [0.05, 0.1) is 13.2 Å². The monoisotopic (exact) mass is 663 g/mol. The maximum atomic E-state index is 12.5. The van der Waals surface area contributed by atoms with E-state index in [-0.39, 0.29) is 38.6 Å². The number of rotatable bonds is 33. The first-order valence-electron chi connectivity index (χ1n) is 18.3. The number of esters is 2. The summed E-state index contributed by atoms with van der Waals surface area (Å²) in [6.45, 7) is 8.35. The van der Waals surface area contributed by atoms with Crippen molar-refractivity contribution in [2.45, 2.75) is 175 Å². The van der Waals surface area contributed by atoms with Crippen molar-refractivity contribution in [1.29, 1.82) is 0 Å². The Labute approximate surface area is 276 Å². The van der Waals surface area contributed by atoms with E-state index in [2.05, 4.69) is 27.7 Å². The van der Waals surface area contributed by atoms with E-state index >= 15 is 0 Å². The topological polar surface area (TPSA) is 134 Å². The standard InChI is InChI=1S/C35H70NO8P/c1-5-32(4)24-20-16-12-9-10-14-18-22-26-35(38)44-33(30-43-45(39,40)42-28-27-36)29-41-34(37)25-21-17-13-8-6-7-11-15-19-23-31(2)3/h31-33H,5-30,36H2,1-4H3,(H,39,40)/t32-,33-/m0/s1. The number of hydrogen-bond donors (Lipinski definition) is 2. The van der Waals surface area contributed by atoms with Crippen molar-refractivity contribution < 1.29 is 37.6 Å². The zero-order valence-corrected chi connectivity index (χ0v) is 30.3. The molecule has 0 aliphatic heterocycles. The molecule has 0 fully saturated rings. The second kappa shape index (κ2) is 30.4. The largest absolute Gasteiger partial charge is 0.472 e. The van der Waals surface area contributed by atoms with Crippen LogP contribution in [0.2, 0.25) is 0 Å². The van der Waals surface area contributed by atoms with Crippen LogP contribution in [0.1, 0.15) is 169 Å². The van der Waals surface area contributed by atoms with E-state index in [1.54, 1.807) is 0 Å². The van der Waals surface area contributed by atoms with Crippen molar-refractivity contribution >= 4 is 19.8 Å². The second-order valence-corrected chi connectivity index (χ2v) is 14.6. The number of nitrogens with two attached hydrogens (primary N) is 1. The fourth-order valence-electron chi connectivity index (χ4n) is 5.09. The van der Waals surface area contributed by atoms with E-state index in [0.717, 1.165) is 50.4 Å². The van der Waals surface area contributed by atoms with Gasteiger partial charge in [-0.25, -0.2) is 4.57 Å². The number of carbonyl (C=O) groups is 2. The van der Waals surface area contributed by atoms with Crippen LogP contribution in [0, 0.1) is 11.8 Å². The average Bonchev–Trinajstić information content (AvgIpc) is 3.00. The zero-order valence-electron chi connectivity index (χ0n) is 29.4. The van der Waals surface area contributed by atoms with Gasteiger partial charge in [0, 0.05) is 19.4 Å². The van der Waals surface area contributed by atoms with Gasteiger partial charge >= 0.3 is 19.8 Å². The summed E-state index contributed by atoms with van der Waals surface area (Å²) in [5, 5.41) is 0. The van der Waals surface area contributed by atoms with E-state index in [0.29, 0.717) is 6.42 Å². The van der Waals surface area contributed by atoms with Gasteiger partial charge in [-0.05, 0) is 24.7 Å². The summed E-state index contributed by atoms with van der Waals surface area (Å²) >= 11 is 0. The quantitative estimate of drug-likeness (QED) is 0.0400. The highest BCUT2D eigenvalue weighted by molar-refractivity contribution is 7.47. The third-order valence-corrected chi connectivity index (χ3v) is 9.20. The fourth-order valence-corrected chi connectivity index (χ4v) is 5.85. The SMILES string of the molecule is CC[C@H](C)CCCCCCCCCCC(=O)O[C@@H](COC(=O)CCCCCCCCCCCC(C)C)COP(=O)(O)OCCN. The van der Waals surface area contributed by atoms with E-state index in [1.807, 2.05) is 0 Å². The lowest BCUT2D eigenvalue weighted by atomic mass is 9.99. The summed E-state index contributed by atoms with van der Waals surface area (Å²) in [4.78, 5) is 34.6. The van der Waals surface area contributed by atoms with E-state index in [4.69, 9.17) is 24.3 Å². The Bertz CT molecular complexity index is 751. The molecule has 3 N–H and O–H groups in total. The second-order valence-electron chi connectivity index (χ2n) is 13.2. The summed E-state index contributed by atoms with van der Waals surface area (Å²) in [5.74, 6) is 0.789. The summed E-state index contributed by atoms with van der Waals surface area (Å²) in [6.07, 6.45) is 22.8. The van der Waals surface area contributed by atoms with Gasteiger partial charge in [0.15, 0.2) is 6.10 Å². The van der Waals surface area contributed by atoms with Gasteiger partial charge in [-0.2, -0.15) is 0 Å². The van der Waals surface area contributed by atoms with Crippen molar-refractivity contribution in [3.05, 3.63) is 0 Å². The fraction of sp³-hybridized carbons (Fsp3) is 0.943. The van der Waals surface area contributed by atoms with Gasteiger partial charge in [0.1, 0.15) is 6.61 Å². The van der Waals surface area contributed by atoms with Crippen LogP contribution in [0.3, 0.4) is 0 Å². The maximum absolute atomic E-state index is 12.5. The minimum absolute atomic E-state index is 0.0562. The minimum Gasteiger partial charge on any atom is -0.462 e. The van der Waals surface area contributed by atoms with Crippen molar-refractivity contribution in [2.75, 3.05) is 26.4 Å². The highest BCUT2D eigenvalue weighted by Crippen LogP contribution is 2.43.